The summed E-state index contributed by atoms with van der Waals surface area (Å²) in [5, 5.41) is 8.00. The Morgan fingerprint density at radius 2 is 2.21 bits per heavy atom. The van der Waals surface area contributed by atoms with Gasteiger partial charge in [0.15, 0.2) is 0 Å². The van der Waals surface area contributed by atoms with Gasteiger partial charge >= 0.3 is 0 Å². The first-order valence-corrected chi connectivity index (χ1v) is 4.48. The fraction of sp³-hybridized carbons (Fsp3) is 0.143. The quantitative estimate of drug-likeness (QED) is 0.672. The number of aromatic nitrogens is 1. The molecule has 0 amide bonds. The molecule has 1 aromatic heterocycles. The van der Waals surface area contributed by atoms with Gasteiger partial charge in [-0.3, -0.25) is 4.79 Å². The van der Waals surface area contributed by atoms with Gasteiger partial charge in [-0.15, -0.1) is 0 Å². The molecule has 0 fully saturated rings. The topological polar surface area (TPSA) is 50.2 Å². The second-order valence-corrected chi connectivity index (χ2v) is 3.40. The summed E-state index contributed by atoms with van der Waals surface area (Å²) in [5.41, 5.74) is -1.25. The normalized spacial score (nSPS) is 10.6. The molecule has 0 radical (unpaired) electrons. The summed E-state index contributed by atoms with van der Waals surface area (Å²) < 4.78 is 24.5. The predicted octanol–water partition coefficient (Wildman–Crippen LogP) is 2.87. The zero-order chi connectivity index (χ0) is 10.9. The number of rotatable bonds is 2. The molecule has 1 N–H and O–H groups in total. The number of nitrogens with zero attached hydrogens (tertiary/aromatic N) is 1. The van der Waals surface area contributed by atoms with Crippen LogP contribution < -0.4 is 0 Å². The maximum Gasteiger partial charge on any atom is 0.281 e. The van der Waals surface area contributed by atoms with Gasteiger partial charge in [0.05, 0.1) is 5.56 Å². The average molecular weight is 286 g/mol. The minimum Gasteiger partial charge on any atom is -0.505 e. The Balaban J connectivity index is 3.39. The highest BCUT2D eigenvalue weighted by Gasteiger charge is 2.21. The van der Waals surface area contributed by atoms with Crippen LogP contribution in [0.5, 0.6) is 5.75 Å². The molecule has 0 bridgehead atoms. The van der Waals surface area contributed by atoms with E-state index in [4.69, 9.17) is 16.7 Å². The third-order valence-corrected chi connectivity index (χ3v) is 2.19. The highest BCUT2D eigenvalue weighted by molar-refractivity contribution is 9.10. The summed E-state index contributed by atoms with van der Waals surface area (Å²) in [7, 11) is 0. The van der Waals surface area contributed by atoms with Gasteiger partial charge in [0.1, 0.15) is 16.0 Å². The number of aromatic hydroxyl groups is 1. The molecule has 0 aliphatic rings. The van der Waals surface area contributed by atoms with E-state index in [9.17, 15) is 13.6 Å². The molecule has 0 aliphatic heterocycles. The number of alkyl halides is 2. The van der Waals surface area contributed by atoms with E-state index in [1.54, 1.807) is 0 Å². The minimum absolute atomic E-state index is 0.158. The summed E-state index contributed by atoms with van der Waals surface area (Å²) in [4.78, 5) is 14.0. The van der Waals surface area contributed by atoms with E-state index >= 15 is 0 Å². The van der Waals surface area contributed by atoms with Crippen LogP contribution in [0.25, 0.3) is 0 Å². The fourth-order valence-electron chi connectivity index (χ4n) is 0.817. The number of hydrogen-bond donors (Lipinski definition) is 1. The van der Waals surface area contributed by atoms with Gasteiger partial charge in [-0.1, -0.05) is 0 Å². The van der Waals surface area contributed by atoms with Crippen LogP contribution in [0.3, 0.4) is 0 Å². The van der Waals surface area contributed by atoms with E-state index in [2.05, 4.69) is 20.9 Å². The van der Waals surface area contributed by atoms with Crippen LogP contribution in [0.2, 0.25) is 0 Å². The summed E-state index contributed by atoms with van der Waals surface area (Å²) in [5.74, 6) is -0.418. The van der Waals surface area contributed by atoms with Crippen LogP contribution in [0.4, 0.5) is 8.78 Å². The van der Waals surface area contributed by atoms with E-state index < -0.39 is 28.7 Å². The molecule has 0 aromatic carbocycles. The monoisotopic (exact) mass is 285 g/mol. The van der Waals surface area contributed by atoms with Crippen LogP contribution in [-0.4, -0.2) is 15.3 Å². The predicted molar refractivity (Wildman–Crippen MR) is 48.7 cm³/mol. The number of pyridine rings is 1. The molecule has 1 heterocycles. The zero-order valence-electron chi connectivity index (χ0n) is 6.47. The second-order valence-electron chi connectivity index (χ2n) is 2.31. The summed E-state index contributed by atoms with van der Waals surface area (Å²) >= 11 is 7.79. The molecule has 0 saturated heterocycles. The molecular weight excluding hydrogens is 283 g/mol. The number of carbonyl (C=O) groups excluding carboxylic acids is 1. The Hall–Kier alpha value is -0.750. The lowest BCUT2D eigenvalue weighted by molar-refractivity contribution is 0.106. The number of halogens is 4. The first-order chi connectivity index (χ1) is 6.43. The van der Waals surface area contributed by atoms with Crippen LogP contribution in [0.1, 0.15) is 22.5 Å². The first-order valence-electron chi connectivity index (χ1n) is 3.31. The van der Waals surface area contributed by atoms with Crippen LogP contribution >= 0.6 is 27.5 Å². The van der Waals surface area contributed by atoms with Gasteiger partial charge in [0.2, 0.25) is 0 Å². The van der Waals surface area contributed by atoms with Crippen molar-refractivity contribution in [2.45, 2.75) is 6.43 Å². The lowest BCUT2D eigenvalue weighted by atomic mass is 10.2. The molecule has 1 rings (SSSR count). The van der Waals surface area contributed by atoms with Gasteiger partial charge in [-0.05, 0) is 33.6 Å². The lowest BCUT2D eigenvalue weighted by Gasteiger charge is -2.05. The van der Waals surface area contributed by atoms with Gasteiger partial charge in [-0.25, -0.2) is 13.8 Å². The highest BCUT2D eigenvalue weighted by atomic mass is 79.9. The van der Waals surface area contributed by atoms with Gasteiger partial charge < -0.3 is 5.11 Å². The van der Waals surface area contributed by atoms with Crippen LogP contribution in [0.15, 0.2) is 10.7 Å². The molecule has 1 aromatic rings. The van der Waals surface area contributed by atoms with Gasteiger partial charge in [0.25, 0.3) is 11.7 Å². The molecule has 0 aliphatic carbocycles. The van der Waals surface area contributed by atoms with Crippen molar-refractivity contribution >= 4 is 32.8 Å². The second kappa shape index (κ2) is 4.18. The van der Waals surface area contributed by atoms with Crippen molar-refractivity contribution in [2.24, 2.45) is 0 Å². The van der Waals surface area contributed by atoms with Gasteiger partial charge in [-0.2, -0.15) is 0 Å². The molecule has 7 heteroatoms. The summed E-state index contributed by atoms with van der Waals surface area (Å²) in [6.07, 6.45) is -2.93. The lowest BCUT2D eigenvalue weighted by Crippen LogP contribution is -2.02. The van der Waals surface area contributed by atoms with Crippen LogP contribution in [0, 0.1) is 0 Å². The minimum atomic E-state index is -2.93. The zero-order valence-corrected chi connectivity index (χ0v) is 8.81. The van der Waals surface area contributed by atoms with Crippen molar-refractivity contribution in [3.8, 4) is 5.75 Å². The third kappa shape index (κ3) is 2.19. The largest absolute Gasteiger partial charge is 0.505 e. The SMILES string of the molecule is O=C(Cl)c1cc(O)c(Br)nc1C(F)F. The van der Waals surface area contributed by atoms with E-state index in [0.717, 1.165) is 6.07 Å². The van der Waals surface area contributed by atoms with Crippen molar-refractivity contribution in [3.05, 3.63) is 21.9 Å². The smallest absolute Gasteiger partial charge is 0.281 e. The molecule has 14 heavy (non-hydrogen) atoms. The van der Waals surface area contributed by atoms with Crippen molar-refractivity contribution in [1.82, 2.24) is 4.98 Å². The van der Waals surface area contributed by atoms with Crippen molar-refractivity contribution < 1.29 is 18.7 Å². The van der Waals surface area contributed by atoms with E-state index in [1.807, 2.05) is 0 Å². The van der Waals surface area contributed by atoms with E-state index in [-0.39, 0.29) is 4.60 Å². The first kappa shape index (κ1) is 11.3. The molecule has 0 atom stereocenters. The van der Waals surface area contributed by atoms with Crippen LogP contribution in [-0.2, 0) is 0 Å². The average Bonchev–Trinajstić information content (AvgIpc) is 2.08. The van der Waals surface area contributed by atoms with E-state index in [1.165, 1.54) is 0 Å². The van der Waals surface area contributed by atoms with E-state index in [0.29, 0.717) is 0 Å². The number of carbonyl (C=O) groups is 1. The Kier molecular flexibility index (Phi) is 3.38. The van der Waals surface area contributed by atoms with Gasteiger partial charge in [0, 0.05) is 0 Å². The molecule has 76 valence electrons. The number of hydrogen-bond acceptors (Lipinski definition) is 3. The standard InChI is InChI=1S/C7H3BrClF2NO2/c8-5-3(13)1-2(6(9)14)4(12-5)7(10)11/h1,7,13H. The summed E-state index contributed by atoms with van der Waals surface area (Å²) in [6.45, 7) is 0. The Morgan fingerprint density at radius 3 is 2.64 bits per heavy atom. The fourth-order valence-corrected chi connectivity index (χ4v) is 1.27. The Bertz CT molecular complexity index is 386. The van der Waals surface area contributed by atoms with Crippen molar-refractivity contribution in [2.75, 3.05) is 0 Å². The third-order valence-electron chi connectivity index (χ3n) is 1.41. The molecule has 0 unspecified atom stereocenters. The molecule has 0 saturated carbocycles. The summed E-state index contributed by atoms with van der Waals surface area (Å²) in [6, 6.07) is 0.841. The highest BCUT2D eigenvalue weighted by Crippen LogP contribution is 2.30. The maximum absolute atomic E-state index is 12.3. The molecular formula is C7H3BrClF2NO2. The molecule has 0 spiro atoms. The molecule has 3 nitrogen and oxygen atoms in total. The maximum atomic E-state index is 12.3. The Morgan fingerprint density at radius 1 is 1.64 bits per heavy atom. The van der Waals surface area contributed by atoms with Crippen molar-refractivity contribution in [1.29, 1.82) is 0 Å². The van der Waals surface area contributed by atoms with Crippen molar-refractivity contribution in [3.63, 3.8) is 0 Å². The Labute approximate surface area is 90.8 Å².